The van der Waals surface area contributed by atoms with Crippen molar-refractivity contribution in [3.05, 3.63) is 58.0 Å². The lowest BCUT2D eigenvalue weighted by atomic mass is 10.1. The number of furan rings is 1. The number of hydrogen-bond donors (Lipinski definition) is 1. The molecule has 1 heterocycles. The molecular formula is C14H16N2O4. The maximum atomic E-state index is 10.8. The van der Waals surface area contributed by atoms with Crippen LogP contribution in [0.2, 0.25) is 0 Å². The fraction of sp³-hybridized carbons (Fsp3) is 0.286. The predicted octanol–water partition coefficient (Wildman–Crippen LogP) is 3.30. The van der Waals surface area contributed by atoms with Gasteiger partial charge in [0.2, 0.25) is 0 Å². The van der Waals surface area contributed by atoms with Gasteiger partial charge in [-0.25, -0.2) is 0 Å². The monoisotopic (exact) mass is 276 g/mol. The van der Waals surface area contributed by atoms with E-state index in [0.29, 0.717) is 12.2 Å². The molecule has 6 heteroatoms. The second kappa shape index (κ2) is 6.21. The molecule has 0 saturated heterocycles. The summed E-state index contributed by atoms with van der Waals surface area (Å²) in [6.07, 6.45) is 1.60. The molecule has 2 rings (SSSR count). The van der Waals surface area contributed by atoms with Crippen LogP contribution in [0.4, 0.5) is 11.4 Å². The third-order valence-electron chi connectivity index (χ3n) is 2.95. The lowest BCUT2D eigenvalue weighted by Gasteiger charge is -2.17. The van der Waals surface area contributed by atoms with Crippen LogP contribution in [0.25, 0.3) is 0 Å². The lowest BCUT2D eigenvalue weighted by molar-refractivity contribution is -0.385. The lowest BCUT2D eigenvalue weighted by Crippen LogP contribution is -2.15. The Balaban J connectivity index is 2.19. The van der Waals surface area contributed by atoms with Crippen molar-refractivity contribution in [2.45, 2.75) is 13.0 Å². The van der Waals surface area contributed by atoms with Crippen molar-refractivity contribution in [2.24, 2.45) is 0 Å². The number of nitro groups is 1. The van der Waals surface area contributed by atoms with Gasteiger partial charge in [0.05, 0.1) is 17.8 Å². The van der Waals surface area contributed by atoms with Crippen molar-refractivity contribution in [2.75, 3.05) is 19.0 Å². The molecule has 0 aliphatic carbocycles. The van der Waals surface area contributed by atoms with Crippen molar-refractivity contribution < 1.29 is 14.1 Å². The summed E-state index contributed by atoms with van der Waals surface area (Å²) in [5.41, 5.74) is 1.50. The first kappa shape index (κ1) is 14.1. The van der Waals surface area contributed by atoms with Crippen LogP contribution in [0.3, 0.4) is 0 Å². The van der Waals surface area contributed by atoms with E-state index in [1.807, 2.05) is 6.07 Å². The standard InChI is InChI=1S/C14H16N2O4/c1-10-8-11(5-6-13(10)16(17)18)15-12(9-19-2)14-4-3-7-20-14/h3-8,12,15H,9H2,1-2H3. The molecule has 0 aliphatic heterocycles. The van der Waals surface area contributed by atoms with Gasteiger partial charge in [-0.2, -0.15) is 0 Å². The van der Waals surface area contributed by atoms with Gasteiger partial charge >= 0.3 is 0 Å². The summed E-state index contributed by atoms with van der Waals surface area (Å²) < 4.78 is 10.5. The summed E-state index contributed by atoms with van der Waals surface area (Å²) in [5, 5.41) is 14.0. The first-order chi connectivity index (χ1) is 9.61. The van der Waals surface area contributed by atoms with Gasteiger partial charge < -0.3 is 14.5 Å². The molecule has 1 N–H and O–H groups in total. The minimum absolute atomic E-state index is 0.108. The summed E-state index contributed by atoms with van der Waals surface area (Å²) in [6.45, 7) is 2.14. The number of ether oxygens (including phenoxy) is 1. The third-order valence-corrected chi connectivity index (χ3v) is 2.95. The molecule has 6 nitrogen and oxygen atoms in total. The van der Waals surface area contributed by atoms with Crippen molar-refractivity contribution in [1.82, 2.24) is 0 Å². The van der Waals surface area contributed by atoms with E-state index in [1.54, 1.807) is 38.5 Å². The Hall–Kier alpha value is -2.34. The van der Waals surface area contributed by atoms with Crippen LogP contribution in [-0.2, 0) is 4.74 Å². The van der Waals surface area contributed by atoms with Gasteiger partial charge in [0.25, 0.3) is 5.69 Å². The SMILES string of the molecule is COCC(Nc1ccc([N+](=O)[O-])c(C)c1)c1ccco1. The molecule has 0 fully saturated rings. The number of aryl methyl sites for hydroxylation is 1. The fourth-order valence-electron chi connectivity index (χ4n) is 2.00. The van der Waals surface area contributed by atoms with E-state index < -0.39 is 4.92 Å². The van der Waals surface area contributed by atoms with Gasteiger partial charge in [-0.15, -0.1) is 0 Å². The largest absolute Gasteiger partial charge is 0.467 e. The first-order valence-corrected chi connectivity index (χ1v) is 6.15. The Kier molecular flexibility index (Phi) is 4.37. The Morgan fingerprint density at radius 3 is 2.80 bits per heavy atom. The zero-order valence-electron chi connectivity index (χ0n) is 11.3. The van der Waals surface area contributed by atoms with E-state index in [0.717, 1.165) is 11.4 Å². The zero-order chi connectivity index (χ0) is 14.5. The molecule has 1 aromatic heterocycles. The van der Waals surface area contributed by atoms with E-state index in [4.69, 9.17) is 9.15 Å². The molecule has 0 spiro atoms. The molecule has 1 aromatic carbocycles. The van der Waals surface area contributed by atoms with E-state index >= 15 is 0 Å². The number of nitro benzene ring substituents is 1. The highest BCUT2D eigenvalue weighted by molar-refractivity contribution is 5.54. The number of benzene rings is 1. The summed E-state index contributed by atoms with van der Waals surface area (Å²) in [5.74, 6) is 0.753. The van der Waals surface area contributed by atoms with Crippen LogP contribution in [-0.4, -0.2) is 18.6 Å². The molecule has 0 aliphatic rings. The number of anilines is 1. The average molecular weight is 276 g/mol. The number of hydrogen-bond acceptors (Lipinski definition) is 5. The molecule has 0 saturated carbocycles. The van der Waals surface area contributed by atoms with Crippen LogP contribution < -0.4 is 5.32 Å². The van der Waals surface area contributed by atoms with Crippen molar-refractivity contribution in [3.63, 3.8) is 0 Å². The average Bonchev–Trinajstić information content (AvgIpc) is 2.91. The summed E-state index contributed by atoms with van der Waals surface area (Å²) in [6, 6.07) is 8.43. The molecule has 20 heavy (non-hydrogen) atoms. The van der Waals surface area contributed by atoms with Gasteiger partial charge in [-0.1, -0.05) is 0 Å². The zero-order valence-corrected chi connectivity index (χ0v) is 11.3. The van der Waals surface area contributed by atoms with E-state index in [-0.39, 0.29) is 11.7 Å². The highest BCUT2D eigenvalue weighted by Gasteiger charge is 2.16. The van der Waals surface area contributed by atoms with Crippen molar-refractivity contribution >= 4 is 11.4 Å². The van der Waals surface area contributed by atoms with Crippen LogP contribution in [0, 0.1) is 17.0 Å². The molecule has 2 aromatic rings. The number of nitrogens with one attached hydrogen (secondary N) is 1. The van der Waals surface area contributed by atoms with Crippen LogP contribution >= 0.6 is 0 Å². The summed E-state index contributed by atoms with van der Waals surface area (Å²) in [4.78, 5) is 10.4. The Labute approximate surface area is 116 Å². The van der Waals surface area contributed by atoms with Crippen LogP contribution in [0.15, 0.2) is 41.0 Å². The van der Waals surface area contributed by atoms with E-state index in [2.05, 4.69) is 5.32 Å². The Morgan fingerprint density at radius 2 is 2.25 bits per heavy atom. The highest BCUT2D eigenvalue weighted by atomic mass is 16.6. The highest BCUT2D eigenvalue weighted by Crippen LogP contribution is 2.25. The first-order valence-electron chi connectivity index (χ1n) is 6.15. The minimum atomic E-state index is -0.391. The molecule has 106 valence electrons. The quantitative estimate of drug-likeness (QED) is 0.647. The Morgan fingerprint density at radius 1 is 1.45 bits per heavy atom. The summed E-state index contributed by atoms with van der Waals surface area (Å²) in [7, 11) is 1.61. The predicted molar refractivity (Wildman–Crippen MR) is 74.8 cm³/mol. The smallest absolute Gasteiger partial charge is 0.272 e. The molecule has 0 bridgehead atoms. The molecule has 0 amide bonds. The molecular weight excluding hydrogens is 260 g/mol. The van der Waals surface area contributed by atoms with Gasteiger partial charge in [0.15, 0.2) is 0 Å². The van der Waals surface area contributed by atoms with Gasteiger partial charge in [0.1, 0.15) is 11.8 Å². The second-order valence-corrected chi connectivity index (χ2v) is 4.43. The topological polar surface area (TPSA) is 77.5 Å². The molecule has 1 atom stereocenters. The van der Waals surface area contributed by atoms with Crippen LogP contribution in [0.5, 0.6) is 0 Å². The van der Waals surface area contributed by atoms with Crippen LogP contribution in [0.1, 0.15) is 17.4 Å². The third kappa shape index (κ3) is 3.16. The molecule has 0 radical (unpaired) electrons. The minimum Gasteiger partial charge on any atom is -0.467 e. The summed E-state index contributed by atoms with van der Waals surface area (Å²) >= 11 is 0. The Bertz CT molecular complexity index is 581. The van der Waals surface area contributed by atoms with Gasteiger partial charge in [0, 0.05) is 24.4 Å². The van der Waals surface area contributed by atoms with Gasteiger partial charge in [-0.3, -0.25) is 10.1 Å². The molecule has 1 unspecified atom stereocenters. The number of nitrogens with zero attached hydrogens (tertiary/aromatic N) is 1. The maximum absolute atomic E-state index is 10.8. The van der Waals surface area contributed by atoms with Gasteiger partial charge in [-0.05, 0) is 31.2 Å². The fourth-order valence-corrected chi connectivity index (χ4v) is 2.00. The normalized spacial score (nSPS) is 12.1. The van der Waals surface area contributed by atoms with E-state index in [9.17, 15) is 10.1 Å². The second-order valence-electron chi connectivity index (χ2n) is 4.43. The van der Waals surface area contributed by atoms with Crippen molar-refractivity contribution in [1.29, 1.82) is 0 Å². The number of methoxy groups -OCH3 is 1. The number of rotatable bonds is 6. The maximum Gasteiger partial charge on any atom is 0.272 e. The van der Waals surface area contributed by atoms with E-state index in [1.165, 1.54) is 6.07 Å². The van der Waals surface area contributed by atoms with Crippen molar-refractivity contribution in [3.8, 4) is 0 Å².